The van der Waals surface area contributed by atoms with E-state index < -0.39 is 10.1 Å². The van der Waals surface area contributed by atoms with Crippen LogP contribution in [0.15, 0.2) is 122 Å². The number of ether oxygens (including phenoxy) is 1. The Kier molecular flexibility index (Phi) is 11.1. The Balaban J connectivity index is 0.00000361. The number of benzene rings is 4. The van der Waals surface area contributed by atoms with Gasteiger partial charge in [-0.1, -0.05) is 63.9 Å². The molecule has 0 bridgehead atoms. The fourth-order valence-electron chi connectivity index (χ4n) is 3.11. The molecule has 0 saturated carbocycles. The molecule has 36 heavy (non-hydrogen) atoms. The van der Waals surface area contributed by atoms with Crippen molar-refractivity contribution >= 4 is 33.6 Å². The van der Waals surface area contributed by atoms with E-state index >= 15 is 0 Å². The first-order valence-corrected chi connectivity index (χ1v) is 14.1. The molecule has 4 rings (SSSR count). The minimum atomic E-state index is -3.77. The van der Waals surface area contributed by atoms with E-state index in [2.05, 4.69) is 30.3 Å². The third-order valence-corrected chi connectivity index (χ3v) is 8.06. The Hall–Kier alpha value is -2.05. The van der Waals surface area contributed by atoms with E-state index in [9.17, 15) is 8.42 Å². The molecule has 0 aliphatic carbocycles. The summed E-state index contributed by atoms with van der Waals surface area (Å²) in [7, 11) is -3.77. The van der Waals surface area contributed by atoms with Crippen LogP contribution in [0.1, 0.15) is 12.0 Å². The molecule has 4 aromatic carbocycles. The van der Waals surface area contributed by atoms with Crippen LogP contribution in [0, 0.1) is 13.0 Å². The minimum absolute atomic E-state index is 0. The summed E-state index contributed by atoms with van der Waals surface area (Å²) in [5.74, 6) is 0.710. The van der Waals surface area contributed by atoms with E-state index in [1.807, 2.05) is 55.5 Å². The maximum atomic E-state index is 12.3. The maximum absolute atomic E-state index is 12.3. The van der Waals surface area contributed by atoms with Gasteiger partial charge in [-0.05, 0) is 43.3 Å². The van der Waals surface area contributed by atoms with Crippen LogP contribution >= 0.6 is 23.5 Å². The molecule has 4 nitrogen and oxygen atoms in total. The zero-order valence-electron chi connectivity index (χ0n) is 19.5. The van der Waals surface area contributed by atoms with Crippen LogP contribution in [0.2, 0.25) is 0 Å². The van der Waals surface area contributed by atoms with Gasteiger partial charge in [-0.15, -0.1) is 35.7 Å². The Morgan fingerprint density at radius 2 is 1.28 bits per heavy atom. The zero-order valence-corrected chi connectivity index (χ0v) is 23.5. The zero-order chi connectivity index (χ0) is 24.5. The van der Waals surface area contributed by atoms with Crippen molar-refractivity contribution in [2.45, 2.75) is 37.8 Å². The number of hydrogen-bond acceptors (Lipinski definition) is 6. The van der Waals surface area contributed by atoms with E-state index in [4.69, 9.17) is 8.92 Å². The fourth-order valence-corrected chi connectivity index (χ4v) is 5.88. The normalized spacial score (nSPS) is 11.0. The summed E-state index contributed by atoms with van der Waals surface area (Å²) in [6, 6.07) is 34.2. The van der Waals surface area contributed by atoms with Gasteiger partial charge < -0.3 is 4.74 Å². The second kappa shape index (κ2) is 14.0. The van der Waals surface area contributed by atoms with E-state index in [1.54, 1.807) is 47.8 Å². The predicted molar refractivity (Wildman–Crippen MR) is 141 cm³/mol. The van der Waals surface area contributed by atoms with Gasteiger partial charge in [0.2, 0.25) is 0 Å². The van der Waals surface area contributed by atoms with Gasteiger partial charge in [-0.2, -0.15) is 14.5 Å². The van der Waals surface area contributed by atoms with E-state index in [-0.39, 0.29) is 31.9 Å². The molecule has 8 heteroatoms. The van der Waals surface area contributed by atoms with Crippen molar-refractivity contribution in [3.63, 3.8) is 0 Å². The van der Waals surface area contributed by atoms with Crippen molar-refractivity contribution in [1.29, 1.82) is 0 Å². The van der Waals surface area contributed by atoms with Crippen LogP contribution in [0.5, 0.6) is 5.75 Å². The van der Waals surface area contributed by atoms with Crippen molar-refractivity contribution in [2.24, 2.45) is 0 Å². The third-order valence-electron chi connectivity index (χ3n) is 4.84. The molecule has 0 radical (unpaired) electrons. The topological polar surface area (TPSA) is 52.6 Å². The van der Waals surface area contributed by atoms with Gasteiger partial charge in [0.15, 0.2) is 0 Å². The Morgan fingerprint density at radius 1 is 0.750 bits per heavy atom. The van der Waals surface area contributed by atoms with Crippen LogP contribution < -0.4 is 4.74 Å². The third kappa shape index (κ3) is 8.81. The molecular weight excluding hydrogens is 603 g/mol. The summed E-state index contributed by atoms with van der Waals surface area (Å²) in [6.07, 6.45) is 0.437. The monoisotopic (exact) mass is 627 g/mol. The van der Waals surface area contributed by atoms with Gasteiger partial charge in [0, 0.05) is 42.4 Å². The molecule has 0 heterocycles. The van der Waals surface area contributed by atoms with Crippen molar-refractivity contribution in [3.8, 4) is 5.75 Å². The molecule has 0 amide bonds. The first kappa shape index (κ1) is 28.5. The summed E-state index contributed by atoms with van der Waals surface area (Å²) in [5, 5.41) is 0. The molecule has 0 fully saturated rings. The molecule has 0 aliphatic rings. The molecule has 190 valence electrons. The SMILES string of the molecule is Cc1ccc(S(=O)(=O)OCCCOc2cc(Sc3ccccc3)[c-]c(Sc3ccccc3)c2)cc1.[Pd]. The molecule has 0 aliphatic heterocycles. The van der Waals surface area contributed by atoms with E-state index in [0.717, 1.165) is 25.1 Å². The molecule has 0 N–H and O–H groups in total. The Bertz CT molecular complexity index is 1270. The molecular formula is C28H25O4PdS3-. The largest absolute Gasteiger partial charge is 0.519 e. The molecule has 0 aromatic heterocycles. The number of rotatable bonds is 11. The predicted octanol–water partition coefficient (Wildman–Crippen LogP) is 7.27. The minimum Gasteiger partial charge on any atom is -0.519 e. The van der Waals surface area contributed by atoms with Crippen molar-refractivity contribution in [2.75, 3.05) is 13.2 Å². The number of aryl methyl sites for hydroxylation is 1. The molecule has 0 spiro atoms. The maximum Gasteiger partial charge on any atom is 0.296 e. The van der Waals surface area contributed by atoms with Crippen LogP contribution in [-0.2, 0) is 34.7 Å². The summed E-state index contributed by atoms with van der Waals surface area (Å²) in [6.45, 7) is 2.29. The second-order valence-electron chi connectivity index (χ2n) is 7.67. The second-order valence-corrected chi connectivity index (χ2v) is 11.5. The summed E-state index contributed by atoms with van der Waals surface area (Å²) < 4.78 is 35.8. The van der Waals surface area contributed by atoms with Crippen molar-refractivity contribution in [1.82, 2.24) is 0 Å². The summed E-state index contributed by atoms with van der Waals surface area (Å²) in [5.41, 5.74) is 0.993. The first-order valence-electron chi connectivity index (χ1n) is 11.1. The molecule has 4 aromatic rings. The summed E-state index contributed by atoms with van der Waals surface area (Å²) in [4.78, 5) is 4.29. The van der Waals surface area contributed by atoms with Gasteiger partial charge in [0.25, 0.3) is 10.1 Å². The van der Waals surface area contributed by atoms with Crippen LogP contribution in [0.25, 0.3) is 0 Å². The molecule has 0 atom stereocenters. The van der Waals surface area contributed by atoms with Gasteiger partial charge in [-0.25, -0.2) is 0 Å². The van der Waals surface area contributed by atoms with Gasteiger partial charge in [0.1, 0.15) is 0 Å². The average molecular weight is 628 g/mol. The first-order chi connectivity index (χ1) is 17.0. The van der Waals surface area contributed by atoms with Gasteiger partial charge in [-0.3, -0.25) is 4.18 Å². The van der Waals surface area contributed by atoms with Crippen LogP contribution in [-0.4, -0.2) is 21.6 Å². The van der Waals surface area contributed by atoms with Crippen LogP contribution in [0.4, 0.5) is 0 Å². The molecule has 0 unspecified atom stereocenters. The fraction of sp³-hybridized carbons (Fsp3) is 0.143. The van der Waals surface area contributed by atoms with Gasteiger partial charge >= 0.3 is 0 Å². The Morgan fingerprint density at radius 3 is 1.81 bits per heavy atom. The standard InChI is InChI=1S/C28H25O4S3.Pd/c1-22-13-15-28(16-14-22)35(29,30)32-18-8-17-31-23-19-26(33-24-9-4-2-5-10-24)21-27(20-23)34-25-11-6-3-7-12-25;/h2-7,9-16,19-20H,8,17-18H2,1H3;/q-1;. The summed E-state index contributed by atoms with van der Waals surface area (Å²) >= 11 is 3.24. The van der Waals surface area contributed by atoms with E-state index in [0.29, 0.717) is 18.8 Å². The van der Waals surface area contributed by atoms with Crippen molar-refractivity contribution < 1.29 is 37.8 Å². The van der Waals surface area contributed by atoms with Gasteiger partial charge in [0.05, 0.1) is 18.1 Å². The van der Waals surface area contributed by atoms with E-state index in [1.165, 1.54) is 0 Å². The Labute approximate surface area is 235 Å². The van der Waals surface area contributed by atoms with Crippen molar-refractivity contribution in [3.05, 3.63) is 109 Å². The molecule has 0 saturated heterocycles. The average Bonchev–Trinajstić information content (AvgIpc) is 2.85. The van der Waals surface area contributed by atoms with Crippen LogP contribution in [0.3, 0.4) is 0 Å². The quantitative estimate of drug-likeness (QED) is 0.0755. The smallest absolute Gasteiger partial charge is 0.296 e. The number of hydrogen-bond donors (Lipinski definition) is 0.